The summed E-state index contributed by atoms with van der Waals surface area (Å²) in [7, 11) is 0. The molecular formula is C21H28O2. The van der Waals surface area contributed by atoms with Crippen LogP contribution in [0.3, 0.4) is 0 Å². The molecule has 0 atom stereocenters. The molecule has 0 unspecified atom stereocenters. The van der Waals surface area contributed by atoms with Crippen molar-refractivity contribution in [2.45, 2.75) is 64.7 Å². The molecular weight excluding hydrogens is 284 g/mol. The van der Waals surface area contributed by atoms with E-state index < -0.39 is 5.97 Å². The first-order chi connectivity index (χ1) is 11.2. The molecule has 0 aliphatic rings. The highest BCUT2D eigenvalue weighted by atomic mass is 16.4. The van der Waals surface area contributed by atoms with Crippen molar-refractivity contribution in [1.82, 2.24) is 0 Å². The fourth-order valence-corrected chi connectivity index (χ4v) is 3.14. The van der Waals surface area contributed by atoms with Crippen molar-refractivity contribution in [2.75, 3.05) is 0 Å². The molecule has 23 heavy (non-hydrogen) atoms. The van der Waals surface area contributed by atoms with Crippen molar-refractivity contribution >= 4 is 16.7 Å². The molecule has 0 saturated heterocycles. The van der Waals surface area contributed by atoms with Crippen LogP contribution in [0, 0.1) is 0 Å². The van der Waals surface area contributed by atoms with E-state index in [9.17, 15) is 9.90 Å². The van der Waals surface area contributed by atoms with Gasteiger partial charge in [0.05, 0.1) is 5.56 Å². The van der Waals surface area contributed by atoms with E-state index in [0.717, 1.165) is 17.2 Å². The maximum atomic E-state index is 11.2. The van der Waals surface area contributed by atoms with Gasteiger partial charge in [-0.3, -0.25) is 0 Å². The smallest absolute Gasteiger partial charge is 0.336 e. The van der Waals surface area contributed by atoms with Gasteiger partial charge < -0.3 is 5.11 Å². The molecule has 0 aliphatic heterocycles. The average Bonchev–Trinajstić information content (AvgIpc) is 2.56. The Hall–Kier alpha value is -1.83. The predicted molar refractivity (Wildman–Crippen MR) is 97.2 cm³/mol. The van der Waals surface area contributed by atoms with Crippen LogP contribution in [-0.2, 0) is 6.42 Å². The molecule has 2 heteroatoms. The van der Waals surface area contributed by atoms with Crippen LogP contribution in [0.4, 0.5) is 0 Å². The zero-order valence-corrected chi connectivity index (χ0v) is 14.2. The zero-order valence-electron chi connectivity index (χ0n) is 14.2. The number of benzene rings is 2. The summed E-state index contributed by atoms with van der Waals surface area (Å²) in [6, 6.07) is 11.7. The minimum Gasteiger partial charge on any atom is -0.478 e. The van der Waals surface area contributed by atoms with E-state index in [4.69, 9.17) is 0 Å². The molecule has 1 N–H and O–H groups in total. The minimum atomic E-state index is -0.855. The maximum absolute atomic E-state index is 11.2. The second-order valence-corrected chi connectivity index (χ2v) is 6.39. The predicted octanol–water partition coefficient (Wildman–Crippen LogP) is 6.22. The van der Waals surface area contributed by atoms with E-state index in [-0.39, 0.29) is 0 Å². The Kier molecular flexibility index (Phi) is 7.12. The SMILES string of the molecule is CCCCCCCCCCc1ccc2c(C(=O)O)cccc2c1. The Labute approximate surface area is 139 Å². The summed E-state index contributed by atoms with van der Waals surface area (Å²) in [5, 5.41) is 11.1. The van der Waals surface area contributed by atoms with Crippen LogP contribution in [0.25, 0.3) is 10.8 Å². The van der Waals surface area contributed by atoms with Gasteiger partial charge in [0.15, 0.2) is 0 Å². The van der Waals surface area contributed by atoms with Crippen molar-refractivity contribution in [3.05, 3.63) is 47.5 Å². The van der Waals surface area contributed by atoms with Crippen LogP contribution in [0.15, 0.2) is 36.4 Å². The van der Waals surface area contributed by atoms with Crippen LogP contribution in [0.5, 0.6) is 0 Å². The monoisotopic (exact) mass is 312 g/mol. The lowest BCUT2D eigenvalue weighted by Gasteiger charge is -2.06. The highest BCUT2D eigenvalue weighted by Crippen LogP contribution is 2.21. The number of fused-ring (bicyclic) bond motifs is 1. The molecule has 0 amide bonds. The van der Waals surface area contributed by atoms with Gasteiger partial charge in [0, 0.05) is 0 Å². The van der Waals surface area contributed by atoms with Crippen molar-refractivity contribution in [2.24, 2.45) is 0 Å². The second kappa shape index (κ2) is 9.34. The number of hydrogen-bond acceptors (Lipinski definition) is 1. The Morgan fingerprint density at radius 1 is 0.913 bits per heavy atom. The average molecular weight is 312 g/mol. The van der Waals surface area contributed by atoms with Gasteiger partial charge in [-0.05, 0) is 35.2 Å². The maximum Gasteiger partial charge on any atom is 0.336 e. The Bertz CT molecular complexity index is 631. The molecule has 2 rings (SSSR count). The lowest BCUT2D eigenvalue weighted by atomic mass is 9.99. The Balaban J connectivity index is 1.81. The zero-order chi connectivity index (χ0) is 16.5. The summed E-state index contributed by atoms with van der Waals surface area (Å²) < 4.78 is 0. The van der Waals surface area contributed by atoms with Crippen LogP contribution >= 0.6 is 0 Å². The number of unbranched alkanes of at least 4 members (excludes halogenated alkanes) is 7. The van der Waals surface area contributed by atoms with Crippen molar-refractivity contribution in [3.8, 4) is 0 Å². The van der Waals surface area contributed by atoms with E-state index in [0.29, 0.717) is 5.56 Å². The first kappa shape index (κ1) is 17.5. The number of carbonyl (C=O) groups is 1. The van der Waals surface area contributed by atoms with Gasteiger partial charge >= 0.3 is 5.97 Å². The lowest BCUT2D eigenvalue weighted by Crippen LogP contribution is -1.97. The van der Waals surface area contributed by atoms with Crippen LogP contribution in [-0.4, -0.2) is 11.1 Å². The van der Waals surface area contributed by atoms with E-state index in [2.05, 4.69) is 19.1 Å². The fourth-order valence-electron chi connectivity index (χ4n) is 3.14. The summed E-state index contributed by atoms with van der Waals surface area (Å²) >= 11 is 0. The van der Waals surface area contributed by atoms with Gasteiger partial charge in [0.1, 0.15) is 0 Å². The largest absolute Gasteiger partial charge is 0.478 e. The number of rotatable bonds is 10. The van der Waals surface area contributed by atoms with Gasteiger partial charge in [-0.2, -0.15) is 0 Å². The van der Waals surface area contributed by atoms with Crippen LogP contribution < -0.4 is 0 Å². The van der Waals surface area contributed by atoms with Gasteiger partial charge in [-0.1, -0.05) is 82.2 Å². The molecule has 2 aromatic rings. The van der Waals surface area contributed by atoms with Crippen molar-refractivity contribution < 1.29 is 9.90 Å². The fraction of sp³-hybridized carbons (Fsp3) is 0.476. The number of carboxylic acids is 1. The third-order valence-electron chi connectivity index (χ3n) is 4.49. The molecule has 2 nitrogen and oxygen atoms in total. The Morgan fingerprint density at radius 3 is 2.30 bits per heavy atom. The molecule has 2 aromatic carbocycles. The van der Waals surface area contributed by atoms with E-state index in [1.54, 1.807) is 6.07 Å². The molecule has 124 valence electrons. The van der Waals surface area contributed by atoms with Crippen molar-refractivity contribution in [1.29, 1.82) is 0 Å². The van der Waals surface area contributed by atoms with E-state index in [1.807, 2.05) is 18.2 Å². The summed E-state index contributed by atoms with van der Waals surface area (Å²) in [5.74, 6) is -0.855. The quantitative estimate of drug-likeness (QED) is 0.529. The summed E-state index contributed by atoms with van der Waals surface area (Å²) in [6.45, 7) is 2.25. The van der Waals surface area contributed by atoms with Crippen LogP contribution in [0.2, 0.25) is 0 Å². The molecule has 0 fully saturated rings. The summed E-state index contributed by atoms with van der Waals surface area (Å²) in [5.41, 5.74) is 1.70. The lowest BCUT2D eigenvalue weighted by molar-refractivity contribution is 0.0699. The third-order valence-corrected chi connectivity index (χ3v) is 4.49. The Morgan fingerprint density at radius 2 is 1.61 bits per heavy atom. The number of aromatic carboxylic acids is 1. The molecule has 0 saturated carbocycles. The molecule has 0 aromatic heterocycles. The van der Waals surface area contributed by atoms with Gasteiger partial charge in [0.2, 0.25) is 0 Å². The highest BCUT2D eigenvalue weighted by molar-refractivity contribution is 6.03. The number of hydrogen-bond donors (Lipinski definition) is 1. The minimum absolute atomic E-state index is 0.390. The molecule has 0 aliphatic carbocycles. The normalized spacial score (nSPS) is 11.0. The molecule has 0 heterocycles. The topological polar surface area (TPSA) is 37.3 Å². The van der Waals surface area contributed by atoms with Gasteiger partial charge in [-0.15, -0.1) is 0 Å². The standard InChI is InChI=1S/C21H28O2/c1-2-3-4-5-6-7-8-9-11-17-14-15-19-18(16-17)12-10-13-20(19)21(22)23/h10,12-16H,2-9,11H2,1H3,(H,22,23). The van der Waals surface area contributed by atoms with Crippen LogP contribution in [0.1, 0.15) is 74.2 Å². The first-order valence-corrected chi connectivity index (χ1v) is 8.97. The van der Waals surface area contributed by atoms with Gasteiger partial charge in [0.25, 0.3) is 0 Å². The number of aryl methyl sites for hydroxylation is 1. The number of carboxylic acid groups (broad SMARTS) is 1. The first-order valence-electron chi connectivity index (χ1n) is 8.97. The third kappa shape index (κ3) is 5.38. The summed E-state index contributed by atoms with van der Waals surface area (Å²) in [4.78, 5) is 11.2. The van der Waals surface area contributed by atoms with Crippen molar-refractivity contribution in [3.63, 3.8) is 0 Å². The van der Waals surface area contributed by atoms with E-state index in [1.165, 1.54) is 56.9 Å². The second-order valence-electron chi connectivity index (χ2n) is 6.39. The molecule has 0 bridgehead atoms. The highest BCUT2D eigenvalue weighted by Gasteiger charge is 2.07. The van der Waals surface area contributed by atoms with Gasteiger partial charge in [-0.25, -0.2) is 4.79 Å². The molecule has 0 radical (unpaired) electrons. The molecule has 0 spiro atoms. The van der Waals surface area contributed by atoms with E-state index >= 15 is 0 Å². The summed E-state index contributed by atoms with van der Waals surface area (Å²) in [6.07, 6.45) is 11.7.